The van der Waals surface area contributed by atoms with Crippen LogP contribution in [-0.2, 0) is 16.1 Å². The summed E-state index contributed by atoms with van der Waals surface area (Å²) in [6.07, 6.45) is 8.05. The van der Waals surface area contributed by atoms with E-state index in [1.165, 1.54) is 0 Å². The van der Waals surface area contributed by atoms with Crippen molar-refractivity contribution in [2.75, 3.05) is 39.4 Å². The number of hydrogen-bond donors (Lipinski definition) is 2. The lowest BCUT2D eigenvalue weighted by Gasteiger charge is -2.51. The summed E-state index contributed by atoms with van der Waals surface area (Å²) in [6.45, 7) is 8.07. The SMILES string of the molecule is Cc1nccn1-c1ccccc1CNC(=O)[C@@]12CC[C@H](N3CCOCC3)C[C@H]1CCNC2. The number of aryl methyl sites for hydroxylation is 1. The van der Waals surface area contributed by atoms with Gasteiger partial charge in [0.2, 0.25) is 5.91 Å². The minimum Gasteiger partial charge on any atom is -0.379 e. The Morgan fingerprint density at radius 2 is 2.12 bits per heavy atom. The highest BCUT2D eigenvalue weighted by atomic mass is 16.5. The van der Waals surface area contributed by atoms with Crippen LogP contribution in [0.1, 0.15) is 37.1 Å². The van der Waals surface area contributed by atoms with Crippen molar-refractivity contribution in [3.63, 3.8) is 0 Å². The lowest BCUT2D eigenvalue weighted by atomic mass is 9.61. The molecule has 0 spiro atoms. The van der Waals surface area contributed by atoms with Crippen LogP contribution in [0.5, 0.6) is 0 Å². The highest BCUT2D eigenvalue weighted by Crippen LogP contribution is 2.46. The number of fused-ring (bicyclic) bond motifs is 1. The van der Waals surface area contributed by atoms with Gasteiger partial charge in [0.25, 0.3) is 0 Å². The molecule has 3 fully saturated rings. The summed E-state index contributed by atoms with van der Waals surface area (Å²) in [5.74, 6) is 1.60. The van der Waals surface area contributed by atoms with E-state index >= 15 is 0 Å². The molecule has 3 aliphatic rings. The Morgan fingerprint density at radius 1 is 1.28 bits per heavy atom. The van der Waals surface area contributed by atoms with Gasteiger partial charge in [-0.15, -0.1) is 0 Å². The zero-order chi connectivity index (χ0) is 22.0. The number of piperidine rings is 1. The van der Waals surface area contributed by atoms with E-state index in [-0.39, 0.29) is 11.3 Å². The van der Waals surface area contributed by atoms with Crippen LogP contribution in [0.2, 0.25) is 0 Å². The molecule has 0 bridgehead atoms. The van der Waals surface area contributed by atoms with E-state index in [1.54, 1.807) is 0 Å². The number of ether oxygens (including phenoxy) is 1. The summed E-state index contributed by atoms with van der Waals surface area (Å²) >= 11 is 0. The van der Waals surface area contributed by atoms with Crippen molar-refractivity contribution < 1.29 is 9.53 Å². The molecule has 7 heteroatoms. The third-order valence-corrected chi connectivity index (χ3v) is 7.90. The van der Waals surface area contributed by atoms with Gasteiger partial charge in [-0.1, -0.05) is 18.2 Å². The number of carbonyl (C=O) groups excluding carboxylic acids is 1. The molecule has 2 aliphatic heterocycles. The van der Waals surface area contributed by atoms with Crippen molar-refractivity contribution in [1.82, 2.24) is 25.1 Å². The van der Waals surface area contributed by atoms with Crippen LogP contribution in [0.15, 0.2) is 36.7 Å². The lowest BCUT2D eigenvalue weighted by molar-refractivity contribution is -0.140. The van der Waals surface area contributed by atoms with Gasteiger partial charge in [-0.25, -0.2) is 4.98 Å². The number of carbonyl (C=O) groups is 1. The van der Waals surface area contributed by atoms with Crippen molar-refractivity contribution in [3.8, 4) is 5.69 Å². The molecule has 0 radical (unpaired) electrons. The van der Waals surface area contributed by atoms with Crippen molar-refractivity contribution >= 4 is 5.91 Å². The molecule has 1 aromatic heterocycles. The molecule has 1 saturated carbocycles. The summed E-state index contributed by atoms with van der Waals surface area (Å²) in [6, 6.07) is 8.85. The van der Waals surface area contributed by atoms with Gasteiger partial charge in [0.05, 0.1) is 24.3 Å². The van der Waals surface area contributed by atoms with Crippen LogP contribution in [0.3, 0.4) is 0 Å². The van der Waals surface area contributed by atoms with Gasteiger partial charge in [-0.2, -0.15) is 0 Å². The van der Waals surface area contributed by atoms with Gasteiger partial charge in [-0.3, -0.25) is 9.69 Å². The van der Waals surface area contributed by atoms with E-state index in [9.17, 15) is 4.79 Å². The Labute approximate surface area is 190 Å². The fourth-order valence-corrected chi connectivity index (χ4v) is 6.05. The number of morpholine rings is 1. The third kappa shape index (κ3) is 4.09. The molecular formula is C25H35N5O2. The maximum Gasteiger partial charge on any atom is 0.228 e. The van der Waals surface area contributed by atoms with Crippen molar-refractivity contribution in [1.29, 1.82) is 0 Å². The molecular weight excluding hydrogens is 402 g/mol. The molecule has 3 atom stereocenters. The molecule has 32 heavy (non-hydrogen) atoms. The van der Waals surface area contributed by atoms with Gasteiger partial charge in [0, 0.05) is 44.6 Å². The number of para-hydroxylation sites is 1. The first-order chi connectivity index (χ1) is 15.7. The van der Waals surface area contributed by atoms with Crippen LogP contribution >= 0.6 is 0 Å². The van der Waals surface area contributed by atoms with Crippen molar-refractivity contribution in [2.45, 2.75) is 45.2 Å². The first kappa shape index (κ1) is 21.6. The van der Waals surface area contributed by atoms with E-state index in [2.05, 4.69) is 37.2 Å². The summed E-state index contributed by atoms with van der Waals surface area (Å²) < 4.78 is 7.63. The number of nitrogens with one attached hydrogen (secondary N) is 2. The minimum atomic E-state index is -0.291. The first-order valence-electron chi connectivity index (χ1n) is 12.1. The second kappa shape index (κ2) is 9.33. The third-order valence-electron chi connectivity index (χ3n) is 7.90. The maximum absolute atomic E-state index is 13.7. The van der Waals surface area contributed by atoms with E-state index in [1.807, 2.05) is 31.5 Å². The second-order valence-corrected chi connectivity index (χ2v) is 9.55. The van der Waals surface area contributed by atoms with Gasteiger partial charge in [0.1, 0.15) is 5.82 Å². The van der Waals surface area contributed by atoms with Crippen LogP contribution in [0.25, 0.3) is 5.69 Å². The monoisotopic (exact) mass is 437 g/mol. The molecule has 5 rings (SSSR count). The van der Waals surface area contributed by atoms with E-state index in [4.69, 9.17) is 4.74 Å². The Balaban J connectivity index is 1.29. The van der Waals surface area contributed by atoms with E-state index in [0.717, 1.165) is 82.2 Å². The fourth-order valence-electron chi connectivity index (χ4n) is 6.05. The number of imidazole rings is 1. The summed E-state index contributed by atoms with van der Waals surface area (Å²) in [5, 5.41) is 6.86. The molecule has 2 saturated heterocycles. The van der Waals surface area contributed by atoms with Crippen LogP contribution < -0.4 is 10.6 Å². The number of benzene rings is 1. The highest BCUT2D eigenvalue weighted by Gasteiger charge is 2.50. The predicted octanol–water partition coefficient (Wildman–Crippen LogP) is 2.28. The molecule has 7 nitrogen and oxygen atoms in total. The number of rotatable bonds is 5. The number of amides is 1. The van der Waals surface area contributed by atoms with Gasteiger partial charge in [0.15, 0.2) is 0 Å². The summed E-state index contributed by atoms with van der Waals surface area (Å²) in [7, 11) is 0. The normalized spacial score (nSPS) is 28.8. The van der Waals surface area contributed by atoms with Gasteiger partial charge >= 0.3 is 0 Å². The zero-order valence-electron chi connectivity index (χ0n) is 19.1. The van der Waals surface area contributed by atoms with Crippen LogP contribution in [0, 0.1) is 18.3 Å². The molecule has 3 heterocycles. The summed E-state index contributed by atoms with van der Waals surface area (Å²) in [4.78, 5) is 20.6. The fraction of sp³-hybridized carbons (Fsp3) is 0.600. The first-order valence-corrected chi connectivity index (χ1v) is 12.1. The van der Waals surface area contributed by atoms with E-state index in [0.29, 0.717) is 18.5 Å². The van der Waals surface area contributed by atoms with Crippen molar-refractivity contribution in [3.05, 3.63) is 48.0 Å². The number of aromatic nitrogens is 2. The number of nitrogens with zero attached hydrogens (tertiary/aromatic N) is 3. The van der Waals surface area contributed by atoms with Crippen molar-refractivity contribution in [2.24, 2.45) is 11.3 Å². The Hall–Kier alpha value is -2.22. The topological polar surface area (TPSA) is 71.4 Å². The molecule has 172 valence electrons. The zero-order valence-corrected chi connectivity index (χ0v) is 19.1. The molecule has 0 unspecified atom stereocenters. The Morgan fingerprint density at radius 3 is 2.94 bits per heavy atom. The minimum absolute atomic E-state index is 0.215. The van der Waals surface area contributed by atoms with Gasteiger partial charge in [-0.05, 0) is 56.7 Å². The molecule has 2 N–H and O–H groups in total. The maximum atomic E-state index is 13.7. The van der Waals surface area contributed by atoms with E-state index < -0.39 is 0 Å². The Kier molecular flexibility index (Phi) is 6.31. The highest BCUT2D eigenvalue weighted by molar-refractivity contribution is 5.83. The smallest absolute Gasteiger partial charge is 0.228 e. The summed E-state index contributed by atoms with van der Waals surface area (Å²) in [5.41, 5.74) is 1.90. The lowest BCUT2D eigenvalue weighted by Crippen LogP contribution is -2.60. The standard InChI is InChI=1S/C25H35N5O2/c1-19-27-10-11-30(19)23-5-3-2-4-20(23)17-28-24(31)25-8-6-22(29-12-14-32-15-13-29)16-21(25)7-9-26-18-25/h2-5,10-11,21-22,26H,6-9,12-18H2,1H3,(H,28,31)/t21-,22+,25-/m1/s1. The molecule has 1 aliphatic carbocycles. The van der Waals surface area contributed by atoms with Crippen LogP contribution in [0.4, 0.5) is 0 Å². The average molecular weight is 438 g/mol. The van der Waals surface area contributed by atoms with Crippen LogP contribution in [-0.4, -0.2) is 65.8 Å². The molecule has 1 amide bonds. The van der Waals surface area contributed by atoms with Gasteiger partial charge < -0.3 is 19.9 Å². The molecule has 2 aromatic rings. The molecule has 1 aromatic carbocycles. The largest absolute Gasteiger partial charge is 0.379 e. The Bertz CT molecular complexity index is 938. The second-order valence-electron chi connectivity index (χ2n) is 9.55. The predicted molar refractivity (Wildman–Crippen MR) is 124 cm³/mol. The average Bonchev–Trinajstić information content (AvgIpc) is 3.28. The number of hydrogen-bond acceptors (Lipinski definition) is 5. The quantitative estimate of drug-likeness (QED) is 0.751.